The van der Waals surface area contributed by atoms with Crippen LogP contribution in [0.3, 0.4) is 0 Å². The van der Waals surface area contributed by atoms with Crippen LogP contribution in [-0.4, -0.2) is 52.9 Å². The molecule has 0 spiro atoms. The molecule has 12 aromatic rings. The van der Waals surface area contributed by atoms with Crippen molar-refractivity contribution in [2.45, 2.75) is 94.4 Å². The summed E-state index contributed by atoms with van der Waals surface area (Å²) in [6.45, 7) is 23.6. The SMILES string of the molecule is Cc1cccc2c1oc(=O)c1c(OP(Oc3ccccc3C3OCC(C)(C)CO3)Oc3ccccc3C3OCC(C)(C)CO3)c(-c3c(OP(Oc4ccccc4C4OCC(C)(C)CO4)Oc4ccccc4C4OCC(C)(C)CO4)c4c(=O)oc5c(C)cccc5c4c4ccccc34)c3ccccc3c12. The summed E-state index contributed by atoms with van der Waals surface area (Å²) in [6.07, 6.45) is -3.42. The molecule has 18 nitrogen and oxygen atoms in total. The predicted octanol–water partition coefficient (Wildman–Crippen LogP) is 20.6. The van der Waals surface area contributed by atoms with Gasteiger partial charge in [0.05, 0.1) is 75.1 Å². The van der Waals surface area contributed by atoms with E-state index in [0.29, 0.717) is 152 Å². The van der Waals surface area contributed by atoms with E-state index in [9.17, 15) is 0 Å². The zero-order valence-electron chi connectivity index (χ0n) is 59.5. The normalized spacial score (nSPS) is 18.1. The van der Waals surface area contributed by atoms with Crippen LogP contribution in [-0.2, 0) is 37.9 Å². The third-order valence-electron chi connectivity index (χ3n) is 19.1. The molecule has 534 valence electrons. The lowest BCUT2D eigenvalue weighted by atomic mass is 9.86. The summed E-state index contributed by atoms with van der Waals surface area (Å²) in [5.41, 5.74) is 2.37. The summed E-state index contributed by atoms with van der Waals surface area (Å²) in [5.74, 6) is 1.08. The van der Waals surface area contributed by atoms with Crippen molar-refractivity contribution in [2.24, 2.45) is 21.7 Å². The maximum atomic E-state index is 16.1. The van der Waals surface area contributed by atoms with Crippen molar-refractivity contribution in [1.29, 1.82) is 0 Å². The van der Waals surface area contributed by atoms with Crippen LogP contribution < -0.4 is 38.4 Å². The van der Waals surface area contributed by atoms with Crippen LogP contribution in [0.25, 0.3) is 76.2 Å². The molecule has 0 saturated carbocycles. The average Bonchev–Trinajstić information content (AvgIpc) is 0.698. The number of hydrogen-bond donors (Lipinski definition) is 0. The first-order chi connectivity index (χ1) is 50.1. The van der Waals surface area contributed by atoms with Crippen molar-refractivity contribution in [1.82, 2.24) is 0 Å². The highest BCUT2D eigenvalue weighted by molar-refractivity contribution is 7.43. The number of aryl methyl sites for hydroxylation is 2. The van der Waals surface area contributed by atoms with Gasteiger partial charge < -0.3 is 73.9 Å². The predicted molar refractivity (Wildman–Crippen MR) is 401 cm³/mol. The zero-order valence-corrected chi connectivity index (χ0v) is 61.3. The van der Waals surface area contributed by atoms with E-state index in [2.05, 4.69) is 55.4 Å². The third-order valence-corrected chi connectivity index (χ3v) is 21.1. The molecular formula is C84H80O18P2. The van der Waals surface area contributed by atoms with E-state index in [1.165, 1.54) is 0 Å². The lowest BCUT2D eigenvalue weighted by molar-refractivity contribution is -0.226. The maximum Gasteiger partial charge on any atom is 0.530 e. The molecule has 104 heavy (non-hydrogen) atoms. The fourth-order valence-electron chi connectivity index (χ4n) is 13.8. The summed E-state index contributed by atoms with van der Waals surface area (Å²) in [7, 11) is -5.71. The molecule has 0 unspecified atom stereocenters. The van der Waals surface area contributed by atoms with Gasteiger partial charge in [-0.15, -0.1) is 0 Å². The molecule has 0 aliphatic carbocycles. The zero-order chi connectivity index (χ0) is 71.8. The topological polar surface area (TPSA) is 190 Å². The molecule has 2 aromatic heterocycles. The van der Waals surface area contributed by atoms with Gasteiger partial charge in [-0.05, 0) is 70.8 Å². The second-order valence-electron chi connectivity index (χ2n) is 30.3. The fraction of sp³-hybridized carbons (Fsp3) is 0.310. The van der Waals surface area contributed by atoms with E-state index in [1.807, 2.05) is 172 Å². The maximum absolute atomic E-state index is 16.1. The first-order valence-corrected chi connectivity index (χ1v) is 37.1. The Kier molecular flexibility index (Phi) is 18.5. The van der Waals surface area contributed by atoms with Crippen LogP contribution in [0.1, 0.15) is 114 Å². The quantitative estimate of drug-likeness (QED) is 0.0475. The first-order valence-electron chi connectivity index (χ1n) is 34.9. The van der Waals surface area contributed by atoms with Crippen molar-refractivity contribution in [2.75, 3.05) is 52.9 Å². The van der Waals surface area contributed by atoms with Gasteiger partial charge in [-0.1, -0.05) is 213 Å². The lowest BCUT2D eigenvalue weighted by Gasteiger charge is -2.35. The molecule has 6 heterocycles. The molecule has 4 aliphatic heterocycles. The Morgan fingerprint density at radius 1 is 0.298 bits per heavy atom. The van der Waals surface area contributed by atoms with Crippen molar-refractivity contribution in [3.63, 3.8) is 0 Å². The van der Waals surface area contributed by atoms with Crippen LogP contribution >= 0.6 is 17.2 Å². The van der Waals surface area contributed by atoms with Crippen LogP contribution in [0.4, 0.5) is 0 Å². The Bertz CT molecular complexity index is 4910. The molecular weight excluding hydrogens is 1360 g/mol. The largest absolute Gasteiger partial charge is 0.530 e. The van der Waals surface area contributed by atoms with Gasteiger partial charge in [-0.25, -0.2) is 9.59 Å². The van der Waals surface area contributed by atoms with Gasteiger partial charge in [0.2, 0.25) is 0 Å². The molecule has 4 fully saturated rings. The summed E-state index contributed by atoms with van der Waals surface area (Å²) < 4.78 is 110. The van der Waals surface area contributed by atoms with Crippen molar-refractivity contribution in [3.05, 3.63) is 236 Å². The van der Waals surface area contributed by atoms with Gasteiger partial charge >= 0.3 is 28.5 Å². The minimum absolute atomic E-state index is 0.0145. The smallest absolute Gasteiger partial charge is 0.422 e. The van der Waals surface area contributed by atoms with Crippen molar-refractivity contribution in [3.8, 4) is 45.6 Å². The summed E-state index contributed by atoms with van der Waals surface area (Å²) in [5, 5.41) is 4.63. The summed E-state index contributed by atoms with van der Waals surface area (Å²) >= 11 is 0. The Labute approximate surface area is 603 Å². The molecule has 10 aromatic carbocycles. The number of hydrogen-bond acceptors (Lipinski definition) is 18. The van der Waals surface area contributed by atoms with E-state index in [0.717, 1.165) is 11.1 Å². The van der Waals surface area contributed by atoms with Crippen LogP contribution in [0.5, 0.6) is 34.5 Å². The van der Waals surface area contributed by atoms with Gasteiger partial charge in [-0.2, -0.15) is 0 Å². The van der Waals surface area contributed by atoms with Gasteiger partial charge in [0, 0.05) is 54.3 Å². The summed E-state index contributed by atoms with van der Waals surface area (Å²) in [4.78, 5) is 32.3. The van der Waals surface area contributed by atoms with Crippen molar-refractivity contribution >= 4 is 82.2 Å². The molecule has 4 aliphatic rings. The standard InChI is InChI=1S/C84H80O18P2/c1-49-25-23-35-59-65-51-27-11-13-29-53(51)67(73(69(65)75(85)95-71(49)59)101-103(97-61-37-19-15-31-55(61)77-87-41-81(3,4)42-88-77)98-62-38-20-16-32-56(62)78-89-43-82(5,6)44-90-78)68-54-30-14-12-28-52(54)66-60-36-24-26-50(2)72(60)96-76(86)70(66)74(68)102-104(99-63-39-21-17-33-57(63)79-91-45-83(7,8)46-92-79)100-64-40-22-18-34-58(64)80-93-47-84(9,10)48-94-80/h11-40,77-80H,41-48H2,1-10H3. The Morgan fingerprint density at radius 3 is 0.837 bits per heavy atom. The fourth-order valence-corrected chi connectivity index (χ4v) is 16.0. The van der Waals surface area contributed by atoms with Gasteiger partial charge in [0.15, 0.2) is 36.7 Å². The third kappa shape index (κ3) is 13.6. The Balaban J connectivity index is 0.986. The van der Waals surface area contributed by atoms with Crippen molar-refractivity contribution < 1.29 is 73.9 Å². The number of benzene rings is 10. The average molecular weight is 1440 g/mol. The minimum atomic E-state index is -2.85. The second-order valence-corrected chi connectivity index (χ2v) is 32.3. The lowest BCUT2D eigenvalue weighted by Crippen LogP contribution is -2.34. The molecule has 0 atom stereocenters. The summed E-state index contributed by atoms with van der Waals surface area (Å²) in [6, 6.07) is 56.5. The van der Waals surface area contributed by atoms with E-state index in [4.69, 9.17) is 73.9 Å². The monoisotopic (exact) mass is 1440 g/mol. The molecule has 16 rings (SSSR count). The number of ether oxygens (including phenoxy) is 8. The number of fused-ring (bicyclic) bond motifs is 10. The molecule has 0 N–H and O–H groups in total. The molecule has 0 bridgehead atoms. The first kappa shape index (κ1) is 69.4. The highest BCUT2D eigenvalue weighted by Crippen LogP contribution is 2.60. The molecule has 4 saturated heterocycles. The Hall–Kier alpha value is -9.00. The van der Waals surface area contributed by atoms with Gasteiger partial charge in [0.1, 0.15) is 44.9 Å². The van der Waals surface area contributed by atoms with E-state index >= 15 is 9.59 Å². The number of para-hydroxylation sites is 6. The van der Waals surface area contributed by atoms with E-state index in [1.54, 1.807) is 24.3 Å². The van der Waals surface area contributed by atoms with Crippen LogP contribution in [0, 0.1) is 35.5 Å². The van der Waals surface area contributed by atoms with Gasteiger partial charge in [0.25, 0.3) is 0 Å². The highest BCUT2D eigenvalue weighted by Gasteiger charge is 2.41. The molecule has 0 amide bonds. The Morgan fingerprint density at radius 2 is 0.548 bits per heavy atom. The molecule has 0 radical (unpaired) electrons. The van der Waals surface area contributed by atoms with Crippen LogP contribution in [0.2, 0.25) is 0 Å². The molecule has 20 heteroatoms. The van der Waals surface area contributed by atoms with E-state index < -0.39 is 53.6 Å². The highest BCUT2D eigenvalue weighted by atomic mass is 31.2. The van der Waals surface area contributed by atoms with Crippen LogP contribution in [0.15, 0.2) is 200 Å². The second kappa shape index (κ2) is 27.8. The van der Waals surface area contributed by atoms with E-state index in [-0.39, 0.29) is 55.1 Å². The minimum Gasteiger partial charge on any atom is -0.422 e. The number of rotatable bonds is 17. The van der Waals surface area contributed by atoms with Gasteiger partial charge in [-0.3, -0.25) is 0 Å².